The number of ketones is 1. The molecule has 0 amide bonds. The maximum atomic E-state index is 13.2. The quantitative estimate of drug-likeness (QED) is 0.587. The number of nitrogens with zero attached hydrogens (tertiary/aromatic N) is 2. The number of aromatic nitrogens is 1. The Morgan fingerprint density at radius 3 is 2.83 bits per heavy atom. The maximum absolute atomic E-state index is 13.2. The summed E-state index contributed by atoms with van der Waals surface area (Å²) in [5, 5.41) is 1.12. The highest BCUT2D eigenvalue weighted by molar-refractivity contribution is 6.15. The smallest absolute Gasteiger partial charge is 0.231 e. The van der Waals surface area contributed by atoms with Gasteiger partial charge in [0.05, 0.1) is 5.56 Å². The van der Waals surface area contributed by atoms with E-state index in [-0.39, 0.29) is 5.78 Å². The number of rotatable bonds is 3. The lowest BCUT2D eigenvalue weighted by Crippen LogP contribution is -2.34. The van der Waals surface area contributed by atoms with E-state index in [9.17, 15) is 4.79 Å². The normalized spacial score (nSPS) is 19.7. The van der Waals surface area contributed by atoms with Gasteiger partial charge in [-0.3, -0.25) is 9.69 Å². The molecule has 3 heterocycles. The van der Waals surface area contributed by atoms with E-state index in [0.717, 1.165) is 46.4 Å². The summed E-state index contributed by atoms with van der Waals surface area (Å²) in [7, 11) is 0. The maximum Gasteiger partial charge on any atom is 0.231 e. The lowest BCUT2D eigenvalue weighted by molar-refractivity contribution is 0.0872. The summed E-state index contributed by atoms with van der Waals surface area (Å²) in [6.07, 6.45) is 6.45. The van der Waals surface area contributed by atoms with Gasteiger partial charge < -0.3 is 14.0 Å². The first-order chi connectivity index (χ1) is 14.6. The molecular formula is C25H24N2O3. The second-order valence-electron chi connectivity index (χ2n) is 8.45. The average molecular weight is 400 g/mol. The van der Waals surface area contributed by atoms with Crippen LogP contribution in [-0.4, -0.2) is 28.0 Å². The molecular weight excluding hydrogens is 376 g/mol. The van der Waals surface area contributed by atoms with Crippen LogP contribution in [0, 0.1) is 6.92 Å². The van der Waals surface area contributed by atoms with Gasteiger partial charge in [0.15, 0.2) is 5.76 Å². The summed E-state index contributed by atoms with van der Waals surface area (Å²) in [5.74, 6) is 1.85. The zero-order chi connectivity index (χ0) is 20.4. The van der Waals surface area contributed by atoms with E-state index >= 15 is 0 Å². The zero-order valence-corrected chi connectivity index (χ0v) is 17.3. The topological polar surface area (TPSA) is 43.7 Å². The highest BCUT2D eigenvalue weighted by Gasteiger charge is 2.36. The Labute approximate surface area is 175 Å². The molecule has 1 fully saturated rings. The molecule has 6 rings (SSSR count). The molecule has 152 valence electrons. The van der Waals surface area contributed by atoms with Crippen LogP contribution in [0.2, 0.25) is 0 Å². The van der Waals surface area contributed by atoms with Crippen LogP contribution < -0.4 is 9.47 Å². The first-order valence-electron chi connectivity index (χ1n) is 10.7. The summed E-state index contributed by atoms with van der Waals surface area (Å²) < 4.78 is 14.4. The highest BCUT2D eigenvalue weighted by atomic mass is 16.5. The van der Waals surface area contributed by atoms with Crippen molar-refractivity contribution in [1.29, 1.82) is 0 Å². The van der Waals surface area contributed by atoms with Crippen LogP contribution in [0.25, 0.3) is 17.0 Å². The van der Waals surface area contributed by atoms with Crippen molar-refractivity contribution >= 4 is 22.8 Å². The van der Waals surface area contributed by atoms with Gasteiger partial charge in [0.2, 0.25) is 5.78 Å². The van der Waals surface area contributed by atoms with E-state index in [4.69, 9.17) is 9.47 Å². The summed E-state index contributed by atoms with van der Waals surface area (Å²) >= 11 is 0. The SMILES string of the molecule is CCn1cc(/C=C2\Oc3c(cc4c(c3C)OCN(C3CC3)C4)C2=O)c2ccccc21. The molecule has 30 heavy (non-hydrogen) atoms. The number of carbonyl (C=O) groups excluding carboxylic acids is 1. The van der Waals surface area contributed by atoms with Crippen molar-refractivity contribution in [2.75, 3.05) is 6.73 Å². The van der Waals surface area contributed by atoms with Crippen molar-refractivity contribution in [3.63, 3.8) is 0 Å². The third-order valence-corrected chi connectivity index (χ3v) is 6.47. The van der Waals surface area contributed by atoms with Gasteiger partial charge in [-0.25, -0.2) is 0 Å². The predicted octanol–water partition coefficient (Wildman–Crippen LogP) is 4.90. The van der Waals surface area contributed by atoms with E-state index in [1.807, 2.05) is 31.2 Å². The lowest BCUT2D eigenvalue weighted by atomic mass is 10.00. The standard InChI is InChI=1S/C25H24N2O3/c1-3-26-12-16(19-6-4-5-7-21(19)26)11-22-23(28)20-10-17-13-27(18-8-9-18)14-29-24(17)15(2)25(20)30-22/h4-7,10-12,18H,3,8-9,13-14H2,1-2H3/b22-11-. The van der Waals surface area contributed by atoms with Crippen LogP contribution in [0.1, 0.15) is 46.8 Å². The fourth-order valence-electron chi connectivity index (χ4n) is 4.73. The summed E-state index contributed by atoms with van der Waals surface area (Å²) in [6, 6.07) is 10.9. The van der Waals surface area contributed by atoms with Crippen molar-refractivity contribution in [2.24, 2.45) is 0 Å². The van der Waals surface area contributed by atoms with Gasteiger partial charge in [-0.05, 0) is 44.9 Å². The molecule has 0 N–H and O–H groups in total. The Balaban J connectivity index is 1.40. The largest absolute Gasteiger partial charge is 0.477 e. The van der Waals surface area contributed by atoms with Crippen molar-refractivity contribution < 1.29 is 14.3 Å². The van der Waals surface area contributed by atoms with E-state index in [0.29, 0.717) is 29.8 Å². The van der Waals surface area contributed by atoms with Crippen LogP contribution in [0.15, 0.2) is 42.3 Å². The molecule has 0 radical (unpaired) electrons. The second kappa shape index (κ2) is 6.47. The number of allylic oxidation sites excluding steroid dienone is 1. The van der Waals surface area contributed by atoms with Crippen LogP contribution in [-0.2, 0) is 13.1 Å². The molecule has 3 aromatic rings. The van der Waals surface area contributed by atoms with Gasteiger partial charge in [-0.15, -0.1) is 0 Å². The Morgan fingerprint density at radius 1 is 1.20 bits per heavy atom. The molecule has 0 bridgehead atoms. The van der Waals surface area contributed by atoms with Gasteiger partial charge in [0.1, 0.15) is 18.2 Å². The number of Topliss-reactive ketones (excluding diaryl/α,β-unsaturated/α-hetero) is 1. The van der Waals surface area contributed by atoms with Gasteiger partial charge in [0.25, 0.3) is 0 Å². The number of para-hydroxylation sites is 1. The van der Waals surface area contributed by atoms with Crippen molar-refractivity contribution in [1.82, 2.24) is 9.47 Å². The number of hydrogen-bond acceptors (Lipinski definition) is 4. The summed E-state index contributed by atoms with van der Waals surface area (Å²) in [4.78, 5) is 15.6. The fourth-order valence-corrected chi connectivity index (χ4v) is 4.73. The molecule has 5 heteroatoms. The predicted molar refractivity (Wildman–Crippen MR) is 116 cm³/mol. The Kier molecular flexibility index (Phi) is 3.84. The number of carbonyl (C=O) groups is 1. The van der Waals surface area contributed by atoms with E-state index in [2.05, 4.69) is 34.7 Å². The molecule has 1 aliphatic carbocycles. The van der Waals surface area contributed by atoms with E-state index in [1.165, 1.54) is 12.8 Å². The minimum Gasteiger partial charge on any atom is -0.477 e. The number of ether oxygens (including phenoxy) is 2. The Bertz CT molecular complexity index is 1230. The minimum absolute atomic E-state index is 0.0484. The number of fused-ring (bicyclic) bond motifs is 3. The molecule has 1 aromatic heterocycles. The first-order valence-corrected chi connectivity index (χ1v) is 10.7. The third kappa shape index (κ3) is 2.62. The molecule has 0 saturated heterocycles. The third-order valence-electron chi connectivity index (χ3n) is 6.47. The molecule has 0 atom stereocenters. The number of aryl methyl sites for hydroxylation is 1. The van der Waals surface area contributed by atoms with Crippen LogP contribution in [0.4, 0.5) is 0 Å². The molecule has 3 aliphatic rings. The second-order valence-corrected chi connectivity index (χ2v) is 8.45. The van der Waals surface area contributed by atoms with Gasteiger partial charge >= 0.3 is 0 Å². The van der Waals surface area contributed by atoms with Gasteiger partial charge in [-0.2, -0.15) is 0 Å². The Morgan fingerprint density at radius 2 is 2.03 bits per heavy atom. The molecule has 0 unspecified atom stereocenters. The molecule has 5 nitrogen and oxygen atoms in total. The van der Waals surface area contributed by atoms with Crippen molar-refractivity contribution in [2.45, 2.75) is 45.8 Å². The minimum atomic E-state index is -0.0484. The van der Waals surface area contributed by atoms with Gasteiger partial charge in [-0.1, -0.05) is 18.2 Å². The number of hydrogen-bond donors (Lipinski definition) is 0. The van der Waals surface area contributed by atoms with Crippen LogP contribution in [0.3, 0.4) is 0 Å². The lowest BCUT2D eigenvalue weighted by Gasteiger charge is -2.30. The molecule has 0 spiro atoms. The molecule has 2 aliphatic heterocycles. The zero-order valence-electron chi connectivity index (χ0n) is 17.3. The monoisotopic (exact) mass is 400 g/mol. The summed E-state index contributed by atoms with van der Waals surface area (Å²) in [6.45, 7) is 6.44. The van der Waals surface area contributed by atoms with E-state index < -0.39 is 0 Å². The average Bonchev–Trinajstić information content (AvgIpc) is 3.50. The molecule has 2 aromatic carbocycles. The van der Waals surface area contributed by atoms with Gasteiger partial charge in [0, 0.05) is 52.9 Å². The van der Waals surface area contributed by atoms with E-state index in [1.54, 1.807) is 0 Å². The van der Waals surface area contributed by atoms with Crippen molar-refractivity contribution in [3.8, 4) is 11.5 Å². The van der Waals surface area contributed by atoms with Crippen molar-refractivity contribution in [3.05, 3.63) is 64.5 Å². The van der Waals surface area contributed by atoms with Crippen LogP contribution >= 0.6 is 0 Å². The van der Waals surface area contributed by atoms with Crippen LogP contribution in [0.5, 0.6) is 11.5 Å². The molecule has 1 saturated carbocycles. The fraction of sp³-hybridized carbons (Fsp3) is 0.320. The Hall–Kier alpha value is -3.05. The highest BCUT2D eigenvalue weighted by Crippen LogP contribution is 2.44. The first kappa shape index (κ1) is 17.8. The summed E-state index contributed by atoms with van der Waals surface area (Å²) in [5.41, 5.74) is 4.83. The number of benzene rings is 2.